The fourth-order valence-electron chi connectivity index (χ4n) is 0.701. The van der Waals surface area contributed by atoms with Crippen molar-refractivity contribution in [3.63, 3.8) is 0 Å². The molecule has 0 radical (unpaired) electrons. The molecular weight excluding hydrogens is 368 g/mol. The first kappa shape index (κ1) is 21.5. The summed E-state index contributed by atoms with van der Waals surface area (Å²) in [4.78, 5) is 42.5. The molecule has 0 aliphatic heterocycles. The number of rotatable bonds is 6. The summed E-state index contributed by atoms with van der Waals surface area (Å²) in [6.45, 7) is 0. The van der Waals surface area contributed by atoms with Crippen molar-refractivity contribution < 1.29 is 63.8 Å². The van der Waals surface area contributed by atoms with E-state index in [1.54, 1.807) is 0 Å². The Morgan fingerprint density at radius 1 is 0.667 bits per heavy atom. The fourth-order valence-corrected chi connectivity index (χ4v) is 0.701. The van der Waals surface area contributed by atoms with Crippen molar-refractivity contribution in [2.24, 2.45) is 0 Å². The summed E-state index contributed by atoms with van der Waals surface area (Å²) in [5.74, 6) is -20.9. The van der Waals surface area contributed by atoms with Crippen molar-refractivity contribution in [1.82, 2.24) is 0 Å². The van der Waals surface area contributed by atoms with Gasteiger partial charge >= 0.3 is 48.6 Å². The van der Waals surface area contributed by atoms with Crippen LogP contribution in [0.5, 0.6) is 0 Å². The topological polar surface area (TPSA) is 86.7 Å². The predicted octanol–water partition coefficient (Wildman–Crippen LogP) is 1.48. The average molecular weight is 372 g/mol. The van der Waals surface area contributed by atoms with Crippen LogP contribution >= 0.6 is 0 Å². The lowest BCUT2D eigenvalue weighted by molar-refractivity contribution is -0.196. The zero-order valence-corrected chi connectivity index (χ0v) is 10.8. The maximum atomic E-state index is 12.4. The highest BCUT2D eigenvalue weighted by molar-refractivity contribution is 6.00. The van der Waals surface area contributed by atoms with Gasteiger partial charge in [0.15, 0.2) is 0 Å². The molecule has 0 aromatic carbocycles. The van der Waals surface area contributed by atoms with E-state index >= 15 is 0 Å². The quantitative estimate of drug-likeness (QED) is 0.304. The molecule has 0 saturated carbocycles. The molecule has 0 aliphatic rings. The summed E-state index contributed by atoms with van der Waals surface area (Å²) < 4.78 is 103. The van der Waals surface area contributed by atoms with Crippen LogP contribution in [0.15, 0.2) is 12.2 Å². The van der Waals surface area contributed by atoms with E-state index in [0.29, 0.717) is 0 Å². The largest absolute Gasteiger partial charge is 0.402 e. The van der Waals surface area contributed by atoms with Gasteiger partial charge in [-0.25, -0.2) is 36.7 Å². The normalized spacial score (nSPS) is 12.6. The van der Waals surface area contributed by atoms with Crippen molar-refractivity contribution in [3.8, 4) is 0 Å². The average Bonchev–Trinajstić information content (AvgIpc) is 2.44. The Balaban J connectivity index is 4.70. The molecule has 24 heavy (non-hydrogen) atoms. The highest BCUT2D eigenvalue weighted by atomic mass is 19.3. The van der Waals surface area contributed by atoms with Crippen LogP contribution in [0.25, 0.3) is 0 Å². The van der Waals surface area contributed by atoms with Gasteiger partial charge < -0.3 is 9.47 Å². The van der Waals surface area contributed by atoms with Crippen LogP contribution in [0.4, 0.5) is 35.1 Å². The monoisotopic (exact) mass is 372 g/mol. The van der Waals surface area contributed by atoms with Gasteiger partial charge in [0.2, 0.25) is 0 Å². The number of esters is 4. The Hall–Kier alpha value is -2.54. The highest BCUT2D eigenvalue weighted by Crippen LogP contribution is 2.25. The summed E-state index contributed by atoms with van der Waals surface area (Å²) in [7, 11) is 0. The second-order valence-corrected chi connectivity index (χ2v) is 3.60. The predicted molar refractivity (Wildman–Crippen MR) is 53.2 cm³/mol. The van der Waals surface area contributed by atoms with Crippen molar-refractivity contribution >= 4 is 23.9 Å². The van der Waals surface area contributed by atoms with Crippen molar-refractivity contribution in [2.75, 3.05) is 0 Å². The van der Waals surface area contributed by atoms with Crippen LogP contribution in [-0.2, 0) is 28.7 Å². The molecule has 0 unspecified atom stereocenters. The lowest BCUT2D eigenvalue weighted by atomic mass is 10.3. The molecule has 0 rings (SSSR count). The lowest BCUT2D eigenvalue weighted by Crippen LogP contribution is -2.39. The van der Waals surface area contributed by atoms with E-state index in [1.165, 1.54) is 0 Å². The molecule has 136 valence electrons. The molecule has 0 aromatic rings. The minimum absolute atomic E-state index is 0.240. The standard InChI is InChI=1S/C10H4F8O6/c11-5(12)9(15,16)7(21)23-3(19)1-2-4(20)24-8(22)10(17,18)6(13)14/h1-2,5-6H/b2-1-. The minimum Gasteiger partial charge on any atom is -0.385 e. The van der Waals surface area contributed by atoms with Gasteiger partial charge in [0, 0.05) is 12.2 Å². The Kier molecular flexibility index (Phi) is 7.00. The summed E-state index contributed by atoms with van der Waals surface area (Å²) in [6, 6.07) is 0. The van der Waals surface area contributed by atoms with Crippen LogP contribution in [0.3, 0.4) is 0 Å². The molecule has 6 nitrogen and oxygen atoms in total. The number of carbonyl (C=O) groups excluding carboxylic acids is 4. The first-order valence-electron chi connectivity index (χ1n) is 5.25. The van der Waals surface area contributed by atoms with Gasteiger partial charge in [-0.05, 0) is 0 Å². The molecule has 0 heterocycles. The number of hydrogen-bond acceptors (Lipinski definition) is 6. The number of halogens is 8. The first-order valence-corrected chi connectivity index (χ1v) is 5.25. The third-order valence-electron chi connectivity index (χ3n) is 1.83. The second kappa shape index (κ2) is 7.83. The third kappa shape index (κ3) is 5.58. The molecule has 0 aromatic heterocycles. The summed E-state index contributed by atoms with van der Waals surface area (Å²) in [5.41, 5.74) is 0. The molecule has 0 aliphatic carbocycles. The zero-order chi connectivity index (χ0) is 19.3. The van der Waals surface area contributed by atoms with Crippen LogP contribution in [0, 0.1) is 0 Å². The number of hydrogen-bond donors (Lipinski definition) is 0. The Labute approximate surface area is 126 Å². The molecule has 0 N–H and O–H groups in total. The van der Waals surface area contributed by atoms with Crippen LogP contribution in [-0.4, -0.2) is 48.6 Å². The maximum Gasteiger partial charge on any atom is 0.402 e. The Morgan fingerprint density at radius 2 is 0.917 bits per heavy atom. The fraction of sp³-hybridized carbons (Fsp3) is 0.400. The van der Waals surface area contributed by atoms with Crippen molar-refractivity contribution in [3.05, 3.63) is 12.2 Å². The van der Waals surface area contributed by atoms with E-state index in [9.17, 15) is 54.3 Å². The zero-order valence-electron chi connectivity index (χ0n) is 10.8. The molecule has 0 amide bonds. The molecule has 0 bridgehead atoms. The van der Waals surface area contributed by atoms with Gasteiger partial charge in [0.25, 0.3) is 0 Å². The molecule has 14 heteroatoms. The summed E-state index contributed by atoms with van der Waals surface area (Å²) in [5, 5.41) is 0. The van der Waals surface area contributed by atoms with Gasteiger partial charge in [-0.3, -0.25) is 0 Å². The minimum atomic E-state index is -5.35. The first-order chi connectivity index (χ1) is 10.7. The number of alkyl halides is 8. The van der Waals surface area contributed by atoms with Crippen LogP contribution in [0.2, 0.25) is 0 Å². The Morgan fingerprint density at radius 3 is 1.12 bits per heavy atom. The van der Waals surface area contributed by atoms with Crippen molar-refractivity contribution in [1.29, 1.82) is 0 Å². The van der Waals surface area contributed by atoms with E-state index in [4.69, 9.17) is 0 Å². The Bertz CT molecular complexity index is 508. The van der Waals surface area contributed by atoms with E-state index in [2.05, 4.69) is 9.47 Å². The van der Waals surface area contributed by atoms with E-state index in [-0.39, 0.29) is 12.2 Å². The van der Waals surface area contributed by atoms with Gasteiger partial charge in [0.1, 0.15) is 0 Å². The smallest absolute Gasteiger partial charge is 0.385 e. The maximum absolute atomic E-state index is 12.4. The molecule has 0 saturated heterocycles. The molecule has 0 fully saturated rings. The van der Waals surface area contributed by atoms with Gasteiger partial charge in [-0.15, -0.1) is 0 Å². The summed E-state index contributed by atoms with van der Waals surface area (Å²) >= 11 is 0. The van der Waals surface area contributed by atoms with E-state index in [1.807, 2.05) is 0 Å². The van der Waals surface area contributed by atoms with Gasteiger partial charge in [-0.2, -0.15) is 17.6 Å². The van der Waals surface area contributed by atoms with Gasteiger partial charge in [-0.1, -0.05) is 0 Å². The van der Waals surface area contributed by atoms with E-state index < -0.39 is 48.6 Å². The molecular formula is C10H4F8O6. The lowest BCUT2D eigenvalue weighted by Gasteiger charge is -2.12. The summed E-state index contributed by atoms with van der Waals surface area (Å²) in [6.07, 6.45) is -9.51. The van der Waals surface area contributed by atoms with Crippen molar-refractivity contribution in [2.45, 2.75) is 24.7 Å². The number of ether oxygens (including phenoxy) is 2. The molecule has 0 atom stereocenters. The van der Waals surface area contributed by atoms with Crippen LogP contribution in [0.1, 0.15) is 0 Å². The van der Waals surface area contributed by atoms with Crippen LogP contribution < -0.4 is 0 Å². The van der Waals surface area contributed by atoms with E-state index in [0.717, 1.165) is 0 Å². The highest BCUT2D eigenvalue weighted by Gasteiger charge is 2.52. The molecule has 0 spiro atoms. The number of carbonyl (C=O) groups is 4. The second-order valence-electron chi connectivity index (χ2n) is 3.60. The van der Waals surface area contributed by atoms with Gasteiger partial charge in [0.05, 0.1) is 0 Å². The third-order valence-corrected chi connectivity index (χ3v) is 1.83. The SMILES string of the molecule is O=C(/C=C\C(=O)OC(=O)C(F)(F)C(F)F)OC(=O)C(F)(F)C(F)F.